The molecule has 0 saturated carbocycles. The summed E-state index contributed by atoms with van der Waals surface area (Å²) in [6, 6.07) is 12.8. The number of hydrogen-bond donors (Lipinski definition) is 0. The van der Waals surface area contributed by atoms with Crippen LogP contribution >= 0.6 is 27.5 Å². The van der Waals surface area contributed by atoms with Gasteiger partial charge in [-0.05, 0) is 31.2 Å². The van der Waals surface area contributed by atoms with E-state index in [1.807, 2.05) is 30.3 Å². The van der Waals surface area contributed by atoms with Crippen LogP contribution in [-0.2, 0) is 6.61 Å². The van der Waals surface area contributed by atoms with E-state index in [1.165, 1.54) is 6.92 Å². The van der Waals surface area contributed by atoms with Crippen LogP contribution in [-0.4, -0.2) is 5.78 Å². The number of halogens is 2. The van der Waals surface area contributed by atoms with Crippen molar-refractivity contribution >= 4 is 33.3 Å². The second kappa shape index (κ2) is 6.22. The largest absolute Gasteiger partial charge is 0.488 e. The van der Waals surface area contributed by atoms with Gasteiger partial charge in [-0.2, -0.15) is 0 Å². The van der Waals surface area contributed by atoms with E-state index in [-0.39, 0.29) is 5.78 Å². The Morgan fingerprint density at radius 2 is 2.00 bits per heavy atom. The Morgan fingerprint density at radius 1 is 1.26 bits per heavy atom. The van der Waals surface area contributed by atoms with Gasteiger partial charge >= 0.3 is 0 Å². The van der Waals surface area contributed by atoms with Crippen LogP contribution in [0.15, 0.2) is 46.9 Å². The Morgan fingerprint density at radius 3 is 2.68 bits per heavy atom. The zero-order chi connectivity index (χ0) is 13.8. The summed E-state index contributed by atoms with van der Waals surface area (Å²) in [5, 5.41) is 0.634. The molecule has 0 aromatic heterocycles. The van der Waals surface area contributed by atoms with Gasteiger partial charge in [0.2, 0.25) is 0 Å². The van der Waals surface area contributed by atoms with E-state index in [9.17, 15) is 4.79 Å². The van der Waals surface area contributed by atoms with E-state index in [0.717, 1.165) is 10.0 Å². The Bertz CT molecular complexity index is 611. The zero-order valence-corrected chi connectivity index (χ0v) is 12.7. The first-order valence-corrected chi connectivity index (χ1v) is 6.91. The second-order valence-electron chi connectivity index (χ2n) is 4.08. The lowest BCUT2D eigenvalue weighted by molar-refractivity contribution is 0.101. The van der Waals surface area contributed by atoms with Gasteiger partial charge in [-0.15, -0.1) is 0 Å². The lowest BCUT2D eigenvalue weighted by Crippen LogP contribution is -2.01. The molecule has 0 bridgehead atoms. The monoisotopic (exact) mass is 338 g/mol. The van der Waals surface area contributed by atoms with Crippen molar-refractivity contribution in [3.8, 4) is 5.75 Å². The molecule has 0 aliphatic rings. The minimum atomic E-state index is -0.0162. The van der Waals surface area contributed by atoms with Gasteiger partial charge in [0, 0.05) is 15.1 Å². The summed E-state index contributed by atoms with van der Waals surface area (Å²) in [6.07, 6.45) is 0. The molecule has 0 spiro atoms. The standard InChI is InChI=1S/C15H12BrClO2/c1-10(18)13-4-2-3-5-15(13)19-9-11-6-7-12(16)8-14(11)17/h2-8H,9H2,1H3. The summed E-state index contributed by atoms with van der Waals surface area (Å²) in [7, 11) is 0. The van der Waals surface area contributed by atoms with Gasteiger partial charge < -0.3 is 4.74 Å². The number of Topliss-reactive ketones (excluding diaryl/α,β-unsaturated/α-hetero) is 1. The Hall–Kier alpha value is -1.32. The fraction of sp³-hybridized carbons (Fsp3) is 0.133. The molecule has 0 atom stereocenters. The molecule has 2 aromatic rings. The van der Waals surface area contributed by atoms with Crippen molar-refractivity contribution < 1.29 is 9.53 Å². The number of ketones is 1. The van der Waals surface area contributed by atoms with Gasteiger partial charge in [0.25, 0.3) is 0 Å². The first-order valence-electron chi connectivity index (χ1n) is 5.74. The van der Waals surface area contributed by atoms with Gasteiger partial charge in [-0.1, -0.05) is 45.7 Å². The van der Waals surface area contributed by atoms with E-state index in [2.05, 4.69) is 15.9 Å². The lowest BCUT2D eigenvalue weighted by Gasteiger charge is -2.10. The van der Waals surface area contributed by atoms with Crippen LogP contribution in [0.1, 0.15) is 22.8 Å². The topological polar surface area (TPSA) is 26.3 Å². The molecule has 98 valence electrons. The van der Waals surface area contributed by atoms with E-state index in [1.54, 1.807) is 12.1 Å². The fourth-order valence-corrected chi connectivity index (χ4v) is 2.41. The molecule has 2 nitrogen and oxygen atoms in total. The second-order valence-corrected chi connectivity index (χ2v) is 5.40. The molecule has 0 N–H and O–H groups in total. The van der Waals surface area contributed by atoms with Crippen molar-refractivity contribution in [3.05, 3.63) is 63.1 Å². The summed E-state index contributed by atoms with van der Waals surface area (Å²) in [4.78, 5) is 11.5. The van der Waals surface area contributed by atoms with Gasteiger partial charge in [-0.25, -0.2) is 0 Å². The molecule has 0 heterocycles. The van der Waals surface area contributed by atoms with Crippen LogP contribution in [0.4, 0.5) is 0 Å². The zero-order valence-electron chi connectivity index (χ0n) is 10.3. The maximum absolute atomic E-state index is 11.5. The van der Waals surface area contributed by atoms with Gasteiger partial charge in [0.05, 0.1) is 5.56 Å². The fourth-order valence-electron chi connectivity index (χ4n) is 1.68. The minimum absolute atomic E-state index is 0.0162. The number of benzene rings is 2. The smallest absolute Gasteiger partial charge is 0.163 e. The van der Waals surface area contributed by atoms with E-state index < -0.39 is 0 Å². The molecule has 0 aliphatic carbocycles. The highest BCUT2D eigenvalue weighted by Gasteiger charge is 2.08. The Labute approximate surface area is 125 Å². The highest BCUT2D eigenvalue weighted by Crippen LogP contribution is 2.24. The first kappa shape index (κ1) is 14.1. The minimum Gasteiger partial charge on any atom is -0.488 e. The maximum Gasteiger partial charge on any atom is 0.163 e. The van der Waals surface area contributed by atoms with Crippen LogP contribution < -0.4 is 4.74 Å². The molecule has 0 amide bonds. The summed E-state index contributed by atoms with van der Waals surface area (Å²) in [5.41, 5.74) is 1.46. The van der Waals surface area contributed by atoms with Crippen molar-refractivity contribution in [2.24, 2.45) is 0 Å². The van der Waals surface area contributed by atoms with E-state index >= 15 is 0 Å². The van der Waals surface area contributed by atoms with Crippen molar-refractivity contribution in [2.45, 2.75) is 13.5 Å². The van der Waals surface area contributed by atoms with Crippen molar-refractivity contribution in [2.75, 3.05) is 0 Å². The van der Waals surface area contributed by atoms with E-state index in [0.29, 0.717) is 22.9 Å². The van der Waals surface area contributed by atoms with Gasteiger partial charge in [0.15, 0.2) is 5.78 Å². The molecule has 0 aliphatic heterocycles. The summed E-state index contributed by atoms with van der Waals surface area (Å²) in [6.45, 7) is 1.85. The number of carbonyl (C=O) groups is 1. The van der Waals surface area contributed by atoms with Gasteiger partial charge in [-0.3, -0.25) is 4.79 Å². The van der Waals surface area contributed by atoms with Crippen LogP contribution in [0.2, 0.25) is 5.02 Å². The highest BCUT2D eigenvalue weighted by atomic mass is 79.9. The molecule has 0 radical (unpaired) electrons. The first-order chi connectivity index (χ1) is 9.08. The molecule has 0 saturated heterocycles. The number of ether oxygens (including phenoxy) is 1. The third-order valence-corrected chi connectivity index (χ3v) is 3.51. The van der Waals surface area contributed by atoms with Gasteiger partial charge in [0.1, 0.15) is 12.4 Å². The maximum atomic E-state index is 11.5. The molecular formula is C15H12BrClO2. The Kier molecular flexibility index (Phi) is 4.61. The summed E-state index contributed by atoms with van der Waals surface area (Å²) >= 11 is 9.47. The predicted octanol–water partition coefficient (Wildman–Crippen LogP) is 4.88. The molecule has 19 heavy (non-hydrogen) atoms. The highest BCUT2D eigenvalue weighted by molar-refractivity contribution is 9.10. The third-order valence-electron chi connectivity index (χ3n) is 2.66. The quantitative estimate of drug-likeness (QED) is 0.742. The number of rotatable bonds is 4. The average molecular weight is 340 g/mol. The van der Waals surface area contributed by atoms with Crippen LogP contribution in [0.3, 0.4) is 0 Å². The van der Waals surface area contributed by atoms with Crippen LogP contribution in [0.5, 0.6) is 5.75 Å². The van der Waals surface area contributed by atoms with Crippen molar-refractivity contribution in [1.82, 2.24) is 0 Å². The van der Waals surface area contributed by atoms with Crippen molar-refractivity contribution in [3.63, 3.8) is 0 Å². The number of carbonyl (C=O) groups excluding carboxylic acids is 1. The summed E-state index contributed by atoms with van der Waals surface area (Å²) in [5.74, 6) is 0.562. The Balaban J connectivity index is 2.17. The number of hydrogen-bond acceptors (Lipinski definition) is 2. The van der Waals surface area contributed by atoms with Crippen LogP contribution in [0, 0.1) is 0 Å². The SMILES string of the molecule is CC(=O)c1ccccc1OCc1ccc(Br)cc1Cl. The predicted molar refractivity (Wildman–Crippen MR) is 79.9 cm³/mol. The molecule has 0 unspecified atom stereocenters. The molecule has 0 fully saturated rings. The van der Waals surface area contributed by atoms with Crippen molar-refractivity contribution in [1.29, 1.82) is 0 Å². The molecule has 2 rings (SSSR count). The normalized spacial score (nSPS) is 10.3. The molecule has 2 aromatic carbocycles. The van der Waals surface area contributed by atoms with E-state index in [4.69, 9.17) is 16.3 Å². The number of para-hydroxylation sites is 1. The average Bonchev–Trinajstić information content (AvgIpc) is 2.38. The molecular weight excluding hydrogens is 328 g/mol. The lowest BCUT2D eigenvalue weighted by atomic mass is 10.1. The van der Waals surface area contributed by atoms with Crippen LogP contribution in [0.25, 0.3) is 0 Å². The summed E-state index contributed by atoms with van der Waals surface area (Å²) < 4.78 is 6.61. The molecule has 4 heteroatoms. The third kappa shape index (κ3) is 3.58.